The molecule has 0 radical (unpaired) electrons. The third-order valence-electron chi connectivity index (χ3n) is 10.8. The molecule has 4 fully saturated rings. The van der Waals surface area contributed by atoms with E-state index in [0.29, 0.717) is 53.0 Å². The van der Waals surface area contributed by atoms with E-state index in [9.17, 15) is 14.5 Å². The summed E-state index contributed by atoms with van der Waals surface area (Å²) < 4.78 is 6.97. The third kappa shape index (κ3) is 6.88. The average molecular weight is 618 g/mol. The Morgan fingerprint density at radius 2 is 1.82 bits per heavy atom. The molecule has 242 valence electrons. The van der Waals surface area contributed by atoms with Gasteiger partial charge in [-0.15, -0.1) is 0 Å². The highest BCUT2D eigenvalue weighted by molar-refractivity contribution is 6.55. The van der Waals surface area contributed by atoms with Crippen molar-refractivity contribution in [2.75, 3.05) is 13.6 Å². The molecule has 1 saturated heterocycles. The number of benzene rings is 2. The van der Waals surface area contributed by atoms with Crippen molar-refractivity contribution in [3.05, 3.63) is 52.9 Å². The molecule has 10 nitrogen and oxygen atoms in total. The van der Waals surface area contributed by atoms with E-state index in [0.717, 1.165) is 29.4 Å². The number of carbonyl (C=O) groups is 2. The molecule has 4 aliphatic rings. The van der Waals surface area contributed by atoms with Gasteiger partial charge in [0.1, 0.15) is 10.9 Å². The monoisotopic (exact) mass is 617 g/mol. The first-order valence-electron chi connectivity index (χ1n) is 16.5. The molecule has 3 aliphatic carbocycles. The van der Waals surface area contributed by atoms with Crippen LogP contribution in [-0.2, 0) is 9.45 Å². The fraction of sp³-hybridized carbons (Fsp3) is 0.618. The molecule has 1 aliphatic heterocycles. The lowest BCUT2D eigenvalue weighted by molar-refractivity contribution is -0.562. The van der Waals surface area contributed by atoms with Crippen molar-refractivity contribution in [3.8, 4) is 0 Å². The molecule has 2 bridgehead atoms. The molecule has 5 N–H and O–H groups in total. The normalized spacial score (nSPS) is 26.5. The third-order valence-corrected chi connectivity index (χ3v) is 10.8. The Hall–Kier alpha value is -3.47. The number of nitroso groups, excluding NO2 is 1. The molecule has 2 aromatic rings. The lowest BCUT2D eigenvalue weighted by Crippen LogP contribution is -2.63. The first kappa shape index (κ1) is 32.9. The van der Waals surface area contributed by atoms with Crippen molar-refractivity contribution in [3.63, 3.8) is 0 Å². The van der Waals surface area contributed by atoms with Gasteiger partial charge in [0, 0.05) is 18.0 Å². The number of hydrogen-bond donors (Lipinski definition) is 4. The van der Waals surface area contributed by atoms with Crippen molar-refractivity contribution in [1.29, 1.82) is 0 Å². The summed E-state index contributed by atoms with van der Waals surface area (Å²) in [4.78, 5) is 43.6. The summed E-state index contributed by atoms with van der Waals surface area (Å²) in [6.45, 7) is 11.6. The maximum atomic E-state index is 14.1. The number of hydrogen-bond acceptors (Lipinski definition) is 5. The van der Waals surface area contributed by atoms with Gasteiger partial charge in [-0.25, -0.2) is 4.99 Å². The maximum Gasteiger partial charge on any atom is 0.316 e. The summed E-state index contributed by atoms with van der Waals surface area (Å²) in [5.41, 5.74) is 8.78. The molecular formula is C34H50BN6O4+. The summed E-state index contributed by atoms with van der Waals surface area (Å²) in [6, 6.07) is 12.5. The van der Waals surface area contributed by atoms with E-state index in [1.807, 2.05) is 36.4 Å². The number of hydrazine groups is 1. The van der Waals surface area contributed by atoms with Gasteiger partial charge in [0.2, 0.25) is 18.9 Å². The van der Waals surface area contributed by atoms with Crippen LogP contribution >= 0.6 is 0 Å². The molecular weight excluding hydrogens is 567 g/mol. The Kier molecular flexibility index (Phi) is 9.58. The summed E-state index contributed by atoms with van der Waals surface area (Å²) in [5.74, 6) is 1.44. The maximum absolute atomic E-state index is 14.1. The van der Waals surface area contributed by atoms with Crippen molar-refractivity contribution >= 4 is 35.5 Å². The number of nitrogens with zero attached hydrogens (tertiary/aromatic N) is 2. The van der Waals surface area contributed by atoms with E-state index in [1.54, 1.807) is 6.07 Å². The van der Waals surface area contributed by atoms with E-state index in [1.165, 1.54) is 19.9 Å². The molecule has 6 atom stereocenters. The second kappa shape index (κ2) is 13.1. The van der Waals surface area contributed by atoms with Gasteiger partial charge in [0.05, 0.1) is 10.5 Å². The number of nitrogens with two attached hydrogens (primary N) is 1. The van der Waals surface area contributed by atoms with Crippen LogP contribution in [0.4, 0.5) is 0 Å². The minimum atomic E-state index is -0.788. The smallest absolute Gasteiger partial charge is 0.316 e. The molecule has 1 heterocycles. The molecule has 2 amide bonds. The molecule has 0 unspecified atom stereocenters. The van der Waals surface area contributed by atoms with Gasteiger partial charge in [0.25, 0.3) is 5.91 Å². The van der Waals surface area contributed by atoms with E-state index in [4.69, 9.17) is 10.4 Å². The van der Waals surface area contributed by atoms with E-state index in [-0.39, 0.29) is 36.2 Å². The average Bonchev–Trinajstić information content (AvgIpc) is 3.34. The fourth-order valence-electron chi connectivity index (χ4n) is 8.37. The number of amides is 2. The predicted octanol–water partition coefficient (Wildman–Crippen LogP) is 4.48. The van der Waals surface area contributed by atoms with E-state index >= 15 is 0 Å². The standard InChI is InChI=1S/C34H49BN6O4/c1-21(2)17-29(35-20-24-18-23-19-28(33(23,3)4)34(24,5)45-35)39-31(43)27(15-10-16-37-32(36)40-41(6)44)38-30(42)26-14-9-12-22-11-7-8-13-25(22)26/h7-9,11-14,21,23-24,27-29H,10,15-20H2,1-6H3,(H4-,36,37,38,39,40,42,43,44)/p+1/t23-,24+,27+,28+,29+,34-/m1/s1. The first-order chi connectivity index (χ1) is 21.3. The van der Waals surface area contributed by atoms with Crippen molar-refractivity contribution in [1.82, 2.24) is 16.1 Å². The molecule has 3 saturated carbocycles. The predicted molar refractivity (Wildman–Crippen MR) is 179 cm³/mol. The van der Waals surface area contributed by atoms with Crippen LogP contribution in [0.2, 0.25) is 6.32 Å². The SMILES string of the molecule is CC(C)C[C@H](NC(=O)[C@H](CCCN=C(N)N[N+](C)=O)NC(=O)c1cccc2ccccc12)B1C[C@@H]2C[C@@H]3C[C@@H](C3(C)C)[C@]2(C)O1. The summed E-state index contributed by atoms with van der Waals surface area (Å²) in [7, 11) is 1.28. The van der Waals surface area contributed by atoms with Crippen LogP contribution in [0.1, 0.15) is 77.1 Å². The van der Waals surface area contributed by atoms with Crippen LogP contribution in [0, 0.1) is 34.0 Å². The second-order valence-electron chi connectivity index (χ2n) is 14.6. The highest BCUT2D eigenvalue weighted by Gasteiger charge is 2.67. The Labute approximate surface area is 267 Å². The van der Waals surface area contributed by atoms with Crippen LogP contribution in [0.3, 0.4) is 0 Å². The Morgan fingerprint density at radius 3 is 2.53 bits per heavy atom. The van der Waals surface area contributed by atoms with Crippen molar-refractivity contribution in [2.24, 2.45) is 39.8 Å². The summed E-state index contributed by atoms with van der Waals surface area (Å²) >= 11 is 0. The number of guanidine groups is 1. The highest BCUT2D eigenvalue weighted by atomic mass is 16.5. The minimum absolute atomic E-state index is 0.000266. The first-order valence-corrected chi connectivity index (χ1v) is 16.5. The van der Waals surface area contributed by atoms with Gasteiger partial charge in [-0.2, -0.15) is 0 Å². The van der Waals surface area contributed by atoms with Crippen LogP contribution < -0.4 is 21.8 Å². The molecule has 0 spiro atoms. The fourth-order valence-corrected chi connectivity index (χ4v) is 8.37. The summed E-state index contributed by atoms with van der Waals surface area (Å²) in [5, 5.41) is 8.15. The van der Waals surface area contributed by atoms with E-state index in [2.05, 4.69) is 55.7 Å². The molecule has 0 aromatic heterocycles. The van der Waals surface area contributed by atoms with Gasteiger partial charge in [-0.05, 0) is 91.3 Å². The zero-order valence-electron chi connectivity index (χ0n) is 27.6. The van der Waals surface area contributed by atoms with Crippen molar-refractivity contribution in [2.45, 2.75) is 90.6 Å². The van der Waals surface area contributed by atoms with Crippen molar-refractivity contribution < 1.29 is 19.1 Å². The van der Waals surface area contributed by atoms with Crippen LogP contribution in [0.15, 0.2) is 47.5 Å². The molecule has 2 aromatic carbocycles. The van der Waals surface area contributed by atoms with Crippen LogP contribution in [-0.4, -0.2) is 60.7 Å². The van der Waals surface area contributed by atoms with Gasteiger partial charge < -0.3 is 21.0 Å². The lowest BCUT2D eigenvalue weighted by atomic mass is 9.41. The lowest BCUT2D eigenvalue weighted by Gasteiger charge is -2.65. The van der Waals surface area contributed by atoms with Crippen LogP contribution in [0.5, 0.6) is 0 Å². The molecule has 45 heavy (non-hydrogen) atoms. The molecule has 6 rings (SSSR count). The van der Waals surface area contributed by atoms with Crippen LogP contribution in [0.25, 0.3) is 10.8 Å². The Morgan fingerprint density at radius 1 is 1.09 bits per heavy atom. The Bertz CT molecular complexity index is 1460. The number of nitrogens with one attached hydrogen (secondary N) is 3. The minimum Gasteiger partial charge on any atom is -0.428 e. The quantitative estimate of drug-likeness (QED) is 0.0692. The van der Waals surface area contributed by atoms with E-state index < -0.39 is 6.04 Å². The molecule has 11 heteroatoms. The number of rotatable bonds is 12. The number of fused-ring (bicyclic) bond motifs is 1. The number of carbonyl (C=O) groups excluding carboxylic acids is 2. The number of aliphatic imine (C=N–C) groups is 1. The zero-order valence-corrected chi connectivity index (χ0v) is 27.6. The van der Waals surface area contributed by atoms with Gasteiger partial charge in [-0.1, -0.05) is 69.5 Å². The second-order valence-corrected chi connectivity index (χ2v) is 14.6. The Balaban J connectivity index is 1.33. The van der Waals surface area contributed by atoms with Gasteiger partial charge >= 0.3 is 6.92 Å². The summed E-state index contributed by atoms with van der Waals surface area (Å²) in [6.07, 6.45) is 4.97. The largest absolute Gasteiger partial charge is 0.428 e. The highest BCUT2D eigenvalue weighted by Crippen LogP contribution is 2.68. The zero-order chi connectivity index (χ0) is 32.5. The van der Waals surface area contributed by atoms with Gasteiger partial charge in [-0.3, -0.25) is 9.59 Å². The topological polar surface area (TPSA) is 138 Å². The van der Waals surface area contributed by atoms with Gasteiger partial charge in [0.15, 0.2) is 0 Å².